The van der Waals surface area contributed by atoms with Crippen LogP contribution in [0.2, 0.25) is 0 Å². The number of aliphatic carboxylic acids is 2. The van der Waals surface area contributed by atoms with Gasteiger partial charge in [-0.25, -0.2) is 0 Å². The normalized spacial score (nSPS) is 6.40. The molecular formula is C10H22O5. The molecule has 92 valence electrons. The molecule has 15 heavy (non-hydrogen) atoms. The third-order valence-electron chi connectivity index (χ3n) is 0.464. The first-order chi connectivity index (χ1) is 6.92. The summed E-state index contributed by atoms with van der Waals surface area (Å²) in [5.41, 5.74) is 0. The van der Waals surface area contributed by atoms with Crippen molar-refractivity contribution in [1.82, 2.24) is 0 Å². The Morgan fingerprint density at radius 2 is 1.40 bits per heavy atom. The van der Waals surface area contributed by atoms with Crippen molar-refractivity contribution < 1.29 is 24.5 Å². The van der Waals surface area contributed by atoms with Crippen LogP contribution in [0.1, 0.15) is 26.7 Å². The minimum atomic E-state index is -0.833. The smallest absolute Gasteiger partial charge is 0.303 e. The summed E-state index contributed by atoms with van der Waals surface area (Å²) in [5, 5.41) is 15.3. The molecule has 0 atom stereocenters. The molecule has 0 aromatic carbocycles. The molecule has 5 heteroatoms. The summed E-state index contributed by atoms with van der Waals surface area (Å²) in [6.45, 7) is 8.92. The Morgan fingerprint density at radius 3 is 1.40 bits per heavy atom. The van der Waals surface area contributed by atoms with Crippen LogP contribution in [0.3, 0.4) is 0 Å². The highest BCUT2D eigenvalue weighted by atomic mass is 16.4. The monoisotopic (exact) mass is 222 g/mol. The fraction of sp³-hybridized carbons (Fsp3) is 0.600. The Bertz CT molecular complexity index is 130. The first-order valence-corrected chi connectivity index (χ1v) is 4.23. The van der Waals surface area contributed by atoms with Crippen molar-refractivity contribution in [3.63, 3.8) is 0 Å². The van der Waals surface area contributed by atoms with Crippen molar-refractivity contribution in [3.8, 4) is 0 Å². The Labute approximate surface area is 91.4 Å². The first-order valence-electron chi connectivity index (χ1n) is 4.23. The van der Waals surface area contributed by atoms with E-state index in [0.29, 0.717) is 6.42 Å². The first kappa shape index (κ1) is 23.5. The average Bonchev–Trinajstić information content (AvgIpc) is 2.07. The minimum Gasteiger partial charge on any atom is -0.481 e. The van der Waals surface area contributed by atoms with E-state index in [2.05, 4.69) is 17.9 Å². The van der Waals surface area contributed by atoms with Crippen LogP contribution < -0.4 is 0 Å². The summed E-state index contributed by atoms with van der Waals surface area (Å²) < 4.78 is 4.25. The number of carbonyl (C=O) groups is 2. The van der Waals surface area contributed by atoms with Gasteiger partial charge >= 0.3 is 5.97 Å². The van der Waals surface area contributed by atoms with Gasteiger partial charge in [-0.3, -0.25) is 9.59 Å². The van der Waals surface area contributed by atoms with Crippen molar-refractivity contribution in [2.24, 2.45) is 0 Å². The van der Waals surface area contributed by atoms with Gasteiger partial charge in [0.15, 0.2) is 0 Å². The predicted octanol–water partition coefficient (Wildman–Crippen LogP) is 2.03. The summed E-state index contributed by atoms with van der Waals surface area (Å²) in [5.74, 6) is -1.54. The Balaban J connectivity index is -0.0000000590. The van der Waals surface area contributed by atoms with Gasteiger partial charge < -0.3 is 14.9 Å². The predicted molar refractivity (Wildman–Crippen MR) is 60.0 cm³/mol. The van der Waals surface area contributed by atoms with Crippen LogP contribution in [0.5, 0.6) is 0 Å². The third-order valence-corrected chi connectivity index (χ3v) is 0.464. The van der Waals surface area contributed by atoms with E-state index < -0.39 is 11.9 Å². The molecule has 0 saturated carbocycles. The molecule has 0 unspecified atom stereocenters. The van der Waals surface area contributed by atoms with Gasteiger partial charge in [0.1, 0.15) is 0 Å². The summed E-state index contributed by atoms with van der Waals surface area (Å²) in [6.07, 6.45) is 1.02. The van der Waals surface area contributed by atoms with E-state index in [1.54, 1.807) is 14.2 Å². The SMILES string of the molecule is C=C.CC(=O)O.CCCC(=O)O.COC. The van der Waals surface area contributed by atoms with Crippen LogP contribution >= 0.6 is 0 Å². The van der Waals surface area contributed by atoms with E-state index in [9.17, 15) is 4.79 Å². The lowest BCUT2D eigenvalue weighted by molar-refractivity contribution is -0.137. The molecule has 0 saturated heterocycles. The van der Waals surface area contributed by atoms with Gasteiger partial charge in [-0.1, -0.05) is 6.92 Å². The number of carboxylic acid groups (broad SMARTS) is 2. The molecule has 0 aliphatic heterocycles. The van der Waals surface area contributed by atoms with Crippen molar-refractivity contribution in [2.75, 3.05) is 14.2 Å². The molecule has 0 aliphatic rings. The second-order valence-corrected chi connectivity index (χ2v) is 2.07. The van der Waals surface area contributed by atoms with E-state index >= 15 is 0 Å². The van der Waals surface area contributed by atoms with Crippen LogP contribution in [0.15, 0.2) is 13.2 Å². The van der Waals surface area contributed by atoms with Crippen LogP contribution in [-0.2, 0) is 14.3 Å². The maximum absolute atomic E-state index is 9.60. The lowest BCUT2D eigenvalue weighted by atomic mass is 10.4. The number of methoxy groups -OCH3 is 1. The van der Waals surface area contributed by atoms with Crippen molar-refractivity contribution in [1.29, 1.82) is 0 Å². The van der Waals surface area contributed by atoms with E-state index in [4.69, 9.17) is 15.0 Å². The van der Waals surface area contributed by atoms with Crippen molar-refractivity contribution in [3.05, 3.63) is 13.2 Å². The second-order valence-electron chi connectivity index (χ2n) is 2.07. The molecular weight excluding hydrogens is 200 g/mol. The maximum Gasteiger partial charge on any atom is 0.303 e. The molecule has 0 amide bonds. The Hall–Kier alpha value is -1.36. The van der Waals surface area contributed by atoms with Crippen LogP contribution in [0.25, 0.3) is 0 Å². The van der Waals surface area contributed by atoms with E-state index in [1.807, 2.05) is 6.92 Å². The molecule has 0 aliphatic carbocycles. The molecule has 0 spiro atoms. The fourth-order valence-corrected chi connectivity index (χ4v) is 0.214. The van der Waals surface area contributed by atoms with Gasteiger partial charge in [0.05, 0.1) is 0 Å². The molecule has 0 radical (unpaired) electrons. The lowest BCUT2D eigenvalue weighted by Gasteiger charge is -1.79. The summed E-state index contributed by atoms with van der Waals surface area (Å²) >= 11 is 0. The number of hydrogen-bond acceptors (Lipinski definition) is 3. The van der Waals surface area contributed by atoms with E-state index in [0.717, 1.165) is 13.3 Å². The van der Waals surface area contributed by atoms with E-state index in [-0.39, 0.29) is 0 Å². The van der Waals surface area contributed by atoms with Gasteiger partial charge in [-0.15, -0.1) is 13.2 Å². The Kier molecular flexibility index (Phi) is 45.9. The molecule has 2 N–H and O–H groups in total. The zero-order valence-corrected chi connectivity index (χ0v) is 9.95. The summed E-state index contributed by atoms with van der Waals surface area (Å²) in [7, 11) is 3.25. The van der Waals surface area contributed by atoms with Gasteiger partial charge in [-0.2, -0.15) is 0 Å². The van der Waals surface area contributed by atoms with Gasteiger partial charge in [0.2, 0.25) is 0 Å². The summed E-state index contributed by atoms with van der Waals surface area (Å²) in [4.78, 5) is 18.6. The number of ether oxygens (including phenoxy) is 1. The molecule has 0 heterocycles. The largest absolute Gasteiger partial charge is 0.481 e. The number of rotatable bonds is 2. The minimum absolute atomic E-state index is 0.292. The zero-order valence-electron chi connectivity index (χ0n) is 9.95. The second kappa shape index (κ2) is 29.3. The number of hydrogen-bond donors (Lipinski definition) is 2. The Morgan fingerprint density at radius 1 is 1.20 bits per heavy atom. The topological polar surface area (TPSA) is 83.8 Å². The standard InChI is InChI=1S/C4H8O2.C2H4O2.C2H6O.C2H4/c1-2-3-4(5)6;1-2(3)4;1-3-2;1-2/h2-3H2,1H3,(H,5,6);1H3,(H,3,4);1-2H3;1-2H2. The highest BCUT2D eigenvalue weighted by Gasteiger charge is 1.87. The van der Waals surface area contributed by atoms with Crippen LogP contribution in [-0.4, -0.2) is 36.4 Å². The summed E-state index contributed by atoms with van der Waals surface area (Å²) in [6, 6.07) is 0. The third kappa shape index (κ3) is 532. The molecule has 0 aromatic heterocycles. The maximum atomic E-state index is 9.60. The molecule has 5 nitrogen and oxygen atoms in total. The molecule has 0 bridgehead atoms. The highest BCUT2D eigenvalue weighted by molar-refractivity contribution is 5.66. The number of carboxylic acids is 2. The average molecular weight is 222 g/mol. The molecule has 0 aromatic rings. The molecule has 0 fully saturated rings. The quantitative estimate of drug-likeness (QED) is 0.698. The van der Waals surface area contributed by atoms with Crippen molar-refractivity contribution in [2.45, 2.75) is 26.7 Å². The fourth-order valence-electron chi connectivity index (χ4n) is 0.214. The zero-order chi connectivity index (χ0) is 13.3. The van der Waals surface area contributed by atoms with Crippen molar-refractivity contribution >= 4 is 11.9 Å². The lowest BCUT2D eigenvalue weighted by Crippen LogP contribution is -1.90. The molecule has 0 rings (SSSR count). The van der Waals surface area contributed by atoms with E-state index in [1.165, 1.54) is 0 Å². The van der Waals surface area contributed by atoms with Gasteiger partial charge in [-0.05, 0) is 6.42 Å². The van der Waals surface area contributed by atoms with Crippen LogP contribution in [0.4, 0.5) is 0 Å². The van der Waals surface area contributed by atoms with Gasteiger partial charge in [0.25, 0.3) is 5.97 Å². The van der Waals surface area contributed by atoms with Crippen LogP contribution in [0, 0.1) is 0 Å². The highest BCUT2D eigenvalue weighted by Crippen LogP contribution is 1.82. The van der Waals surface area contributed by atoms with Gasteiger partial charge in [0, 0.05) is 27.6 Å².